The third-order valence-corrected chi connectivity index (χ3v) is 3.66. The summed E-state index contributed by atoms with van der Waals surface area (Å²) in [5.41, 5.74) is 1.03. The van der Waals surface area contributed by atoms with Gasteiger partial charge < -0.3 is 10.6 Å². The lowest BCUT2D eigenvalue weighted by molar-refractivity contribution is 0.600. The van der Waals surface area contributed by atoms with E-state index in [-0.39, 0.29) is 5.75 Å². The smallest absolute Gasteiger partial charge is 0.147 e. The third kappa shape index (κ3) is 5.42. The van der Waals surface area contributed by atoms with Crippen molar-refractivity contribution in [3.8, 4) is 0 Å². The van der Waals surface area contributed by atoms with Crippen molar-refractivity contribution in [1.29, 1.82) is 0 Å². The lowest BCUT2D eigenvalue weighted by atomic mass is 10.2. The van der Waals surface area contributed by atoms with Crippen molar-refractivity contribution in [2.45, 2.75) is 26.7 Å². The van der Waals surface area contributed by atoms with E-state index in [2.05, 4.69) is 20.6 Å². The molecule has 19 heavy (non-hydrogen) atoms. The van der Waals surface area contributed by atoms with Gasteiger partial charge >= 0.3 is 0 Å². The summed E-state index contributed by atoms with van der Waals surface area (Å²) >= 11 is 0. The second kappa shape index (κ2) is 7.28. The molecule has 2 N–H and O–H groups in total. The van der Waals surface area contributed by atoms with Crippen LogP contribution in [0, 0.1) is 0 Å². The Hall–Kier alpha value is -1.37. The molecule has 0 atom stereocenters. The second-order valence-corrected chi connectivity index (χ2v) is 6.60. The Balaban J connectivity index is 2.65. The monoisotopic (exact) mass is 286 g/mol. The van der Waals surface area contributed by atoms with E-state index in [0.29, 0.717) is 13.0 Å². The summed E-state index contributed by atoms with van der Waals surface area (Å²) in [5.74, 6) is 1.81. The van der Waals surface area contributed by atoms with Crippen molar-refractivity contribution in [1.82, 2.24) is 9.97 Å². The van der Waals surface area contributed by atoms with Gasteiger partial charge in [-0.2, -0.15) is 0 Å². The van der Waals surface area contributed by atoms with Gasteiger partial charge in [-0.3, -0.25) is 0 Å². The van der Waals surface area contributed by atoms with Gasteiger partial charge in [0.15, 0.2) is 0 Å². The zero-order valence-corrected chi connectivity index (χ0v) is 12.5. The fraction of sp³-hybridized carbons (Fsp3) is 0.667. The molecule has 0 aliphatic carbocycles. The van der Waals surface area contributed by atoms with E-state index in [1.165, 1.54) is 12.6 Å². The van der Waals surface area contributed by atoms with Crippen molar-refractivity contribution in [2.75, 3.05) is 35.7 Å². The summed E-state index contributed by atoms with van der Waals surface area (Å²) < 4.78 is 22.1. The lowest BCUT2D eigenvalue weighted by Crippen LogP contribution is -2.13. The molecule has 0 saturated heterocycles. The first-order valence-corrected chi connectivity index (χ1v) is 8.53. The largest absolute Gasteiger partial charge is 0.370 e. The average molecular weight is 286 g/mol. The topological polar surface area (TPSA) is 84.0 Å². The van der Waals surface area contributed by atoms with Crippen molar-refractivity contribution in [2.24, 2.45) is 0 Å². The van der Waals surface area contributed by atoms with Crippen LogP contribution in [0.4, 0.5) is 11.6 Å². The summed E-state index contributed by atoms with van der Waals surface area (Å²) in [7, 11) is -2.90. The van der Waals surface area contributed by atoms with Gasteiger partial charge in [0.25, 0.3) is 0 Å². The molecule has 108 valence electrons. The fourth-order valence-corrected chi connectivity index (χ4v) is 2.43. The van der Waals surface area contributed by atoms with Gasteiger partial charge in [-0.15, -0.1) is 0 Å². The van der Waals surface area contributed by atoms with Crippen LogP contribution in [-0.4, -0.2) is 43.5 Å². The summed E-state index contributed by atoms with van der Waals surface area (Å²) in [6.07, 6.45) is 4.15. The van der Waals surface area contributed by atoms with Crippen LogP contribution in [0.25, 0.3) is 0 Å². The van der Waals surface area contributed by atoms with Crippen LogP contribution in [0.1, 0.15) is 25.8 Å². The molecule has 1 aromatic rings. The highest BCUT2D eigenvalue weighted by molar-refractivity contribution is 7.90. The van der Waals surface area contributed by atoms with E-state index >= 15 is 0 Å². The zero-order chi connectivity index (χ0) is 14.3. The second-order valence-electron chi connectivity index (χ2n) is 4.34. The zero-order valence-electron chi connectivity index (χ0n) is 11.7. The molecule has 7 heteroatoms. The van der Waals surface area contributed by atoms with Crippen molar-refractivity contribution in [3.63, 3.8) is 0 Å². The Kier molecular flexibility index (Phi) is 6.01. The van der Waals surface area contributed by atoms with Crippen LogP contribution in [-0.2, 0) is 16.3 Å². The summed E-state index contributed by atoms with van der Waals surface area (Å²) in [6.45, 7) is 5.45. The van der Waals surface area contributed by atoms with E-state index in [1.807, 2.05) is 13.8 Å². The molecule has 0 aliphatic heterocycles. The molecular formula is C12H22N4O2S. The molecule has 0 radical (unpaired) electrons. The van der Waals surface area contributed by atoms with Crippen LogP contribution in [0.3, 0.4) is 0 Å². The number of nitrogens with one attached hydrogen (secondary N) is 2. The van der Waals surface area contributed by atoms with Crippen LogP contribution in [0.15, 0.2) is 6.33 Å². The molecule has 1 aromatic heterocycles. The number of aromatic nitrogens is 2. The minimum atomic E-state index is -2.90. The Morgan fingerprint density at radius 3 is 2.32 bits per heavy atom. The van der Waals surface area contributed by atoms with Gasteiger partial charge in [-0.25, -0.2) is 18.4 Å². The fourth-order valence-electron chi connectivity index (χ4n) is 1.76. The SMILES string of the molecule is CCNc1ncnc(NCCCS(C)(=O)=O)c1CC. The minimum absolute atomic E-state index is 0.187. The predicted octanol–water partition coefficient (Wildman–Crippen LogP) is 1.32. The summed E-state index contributed by atoms with van der Waals surface area (Å²) in [5, 5.41) is 6.38. The predicted molar refractivity (Wildman–Crippen MR) is 78.4 cm³/mol. The van der Waals surface area contributed by atoms with E-state index in [1.54, 1.807) is 0 Å². The Morgan fingerprint density at radius 2 is 1.79 bits per heavy atom. The Bertz CT molecular complexity index is 502. The van der Waals surface area contributed by atoms with Gasteiger partial charge in [0, 0.05) is 24.9 Å². The first kappa shape index (κ1) is 15.7. The summed E-state index contributed by atoms with van der Waals surface area (Å²) in [6, 6.07) is 0. The van der Waals surface area contributed by atoms with Crippen molar-refractivity contribution in [3.05, 3.63) is 11.9 Å². The van der Waals surface area contributed by atoms with E-state index in [4.69, 9.17) is 0 Å². The molecule has 0 bridgehead atoms. The van der Waals surface area contributed by atoms with E-state index in [9.17, 15) is 8.42 Å². The highest BCUT2D eigenvalue weighted by atomic mass is 32.2. The molecule has 6 nitrogen and oxygen atoms in total. The van der Waals surface area contributed by atoms with Gasteiger partial charge in [-0.1, -0.05) is 6.92 Å². The number of sulfone groups is 1. The molecule has 0 amide bonds. The third-order valence-electron chi connectivity index (χ3n) is 2.63. The van der Waals surface area contributed by atoms with Gasteiger partial charge in [0.05, 0.1) is 5.75 Å². The molecule has 0 aromatic carbocycles. The van der Waals surface area contributed by atoms with Gasteiger partial charge in [0.2, 0.25) is 0 Å². The van der Waals surface area contributed by atoms with Gasteiger partial charge in [-0.05, 0) is 19.8 Å². The lowest BCUT2D eigenvalue weighted by Gasteiger charge is -2.13. The quantitative estimate of drug-likeness (QED) is 0.701. The maximum absolute atomic E-state index is 11.0. The van der Waals surface area contributed by atoms with Crippen LogP contribution < -0.4 is 10.6 Å². The molecule has 1 rings (SSSR count). The highest BCUT2D eigenvalue weighted by Gasteiger charge is 2.09. The normalized spacial score (nSPS) is 11.3. The van der Waals surface area contributed by atoms with E-state index in [0.717, 1.165) is 30.2 Å². The van der Waals surface area contributed by atoms with Crippen LogP contribution in [0.5, 0.6) is 0 Å². The molecule has 0 fully saturated rings. The van der Waals surface area contributed by atoms with Gasteiger partial charge in [0.1, 0.15) is 27.8 Å². The van der Waals surface area contributed by atoms with E-state index < -0.39 is 9.84 Å². The minimum Gasteiger partial charge on any atom is -0.370 e. The molecular weight excluding hydrogens is 264 g/mol. The molecule has 1 heterocycles. The number of hydrogen-bond donors (Lipinski definition) is 2. The molecule has 0 aliphatic rings. The first-order valence-electron chi connectivity index (χ1n) is 6.47. The maximum Gasteiger partial charge on any atom is 0.147 e. The van der Waals surface area contributed by atoms with Crippen molar-refractivity contribution < 1.29 is 8.42 Å². The number of rotatable bonds is 8. The molecule has 0 unspecified atom stereocenters. The van der Waals surface area contributed by atoms with Crippen molar-refractivity contribution >= 4 is 21.5 Å². The average Bonchev–Trinajstić information content (AvgIpc) is 2.34. The maximum atomic E-state index is 11.0. The Morgan fingerprint density at radius 1 is 1.16 bits per heavy atom. The highest BCUT2D eigenvalue weighted by Crippen LogP contribution is 2.20. The standard InChI is InChI=1S/C12H22N4O2S/c1-4-10-11(13-5-2)15-9-16-12(10)14-7-6-8-19(3,17)18/h9H,4-8H2,1-3H3,(H2,13,14,15,16). The Labute approximate surface area is 115 Å². The van der Waals surface area contributed by atoms with Crippen LogP contribution in [0.2, 0.25) is 0 Å². The number of anilines is 2. The summed E-state index contributed by atoms with van der Waals surface area (Å²) in [4.78, 5) is 8.42. The number of nitrogens with zero attached hydrogens (tertiary/aromatic N) is 2. The van der Waals surface area contributed by atoms with Crippen LogP contribution >= 0.6 is 0 Å². The first-order chi connectivity index (χ1) is 8.98. The molecule has 0 saturated carbocycles. The molecule has 0 spiro atoms. The number of hydrogen-bond acceptors (Lipinski definition) is 6.